The van der Waals surface area contributed by atoms with Crippen molar-refractivity contribution in [3.05, 3.63) is 53.7 Å². The second-order valence-electron chi connectivity index (χ2n) is 4.86. The maximum absolute atomic E-state index is 12.7. The van der Waals surface area contributed by atoms with Crippen molar-refractivity contribution >= 4 is 5.82 Å². The van der Waals surface area contributed by atoms with Crippen molar-refractivity contribution in [1.82, 2.24) is 4.98 Å². The Bertz CT molecular complexity index is 629. The topological polar surface area (TPSA) is 25.4 Å². The second-order valence-corrected chi connectivity index (χ2v) is 4.86. The van der Waals surface area contributed by atoms with E-state index in [1.165, 1.54) is 6.07 Å². The van der Waals surface area contributed by atoms with E-state index in [1.807, 2.05) is 24.3 Å². The molecule has 0 saturated carbocycles. The van der Waals surface area contributed by atoms with E-state index < -0.39 is 11.9 Å². The third kappa shape index (κ3) is 3.90. The highest BCUT2D eigenvalue weighted by atomic mass is 19.4. The number of likely N-dealkylation sites (N-methyl/N-ethyl adjacent to an activating group) is 1. The van der Waals surface area contributed by atoms with Gasteiger partial charge in [0, 0.05) is 13.6 Å². The van der Waals surface area contributed by atoms with Crippen LogP contribution in [-0.4, -0.2) is 25.7 Å². The number of ether oxygens (including phenoxy) is 1. The summed E-state index contributed by atoms with van der Waals surface area (Å²) in [6, 6.07) is 11.5. The average molecular weight is 310 g/mol. The van der Waals surface area contributed by atoms with Crippen molar-refractivity contribution in [2.45, 2.75) is 12.6 Å². The summed E-state index contributed by atoms with van der Waals surface area (Å²) < 4.78 is 43.3. The van der Waals surface area contributed by atoms with Crippen molar-refractivity contribution in [2.24, 2.45) is 0 Å². The fourth-order valence-electron chi connectivity index (χ4n) is 2.11. The number of methoxy groups -OCH3 is 1. The van der Waals surface area contributed by atoms with E-state index in [-0.39, 0.29) is 0 Å². The van der Waals surface area contributed by atoms with Crippen LogP contribution in [0.1, 0.15) is 11.3 Å². The van der Waals surface area contributed by atoms with Gasteiger partial charge < -0.3 is 9.64 Å². The molecule has 1 heterocycles. The molecule has 0 spiro atoms. The number of benzene rings is 1. The van der Waals surface area contributed by atoms with Crippen LogP contribution in [0, 0.1) is 0 Å². The maximum Gasteiger partial charge on any atom is 0.433 e. The Morgan fingerprint density at radius 1 is 1.09 bits per heavy atom. The highest BCUT2D eigenvalue weighted by Crippen LogP contribution is 2.28. The number of aromatic nitrogens is 1. The van der Waals surface area contributed by atoms with E-state index in [0.29, 0.717) is 18.8 Å². The fraction of sp³-hybridized carbons (Fsp3) is 0.312. The summed E-state index contributed by atoms with van der Waals surface area (Å²) in [6.07, 6.45) is -3.78. The Balaban J connectivity index is 2.08. The number of para-hydroxylation sites is 1. The van der Waals surface area contributed by atoms with Crippen LogP contribution in [0.15, 0.2) is 42.5 Å². The van der Waals surface area contributed by atoms with Crippen LogP contribution in [0.25, 0.3) is 0 Å². The lowest BCUT2D eigenvalue weighted by molar-refractivity contribution is -0.141. The number of nitrogens with zero attached hydrogens (tertiary/aromatic N) is 2. The van der Waals surface area contributed by atoms with Gasteiger partial charge in [0.2, 0.25) is 0 Å². The summed E-state index contributed by atoms with van der Waals surface area (Å²) in [5.74, 6) is 1.07. The van der Waals surface area contributed by atoms with Crippen LogP contribution in [0.5, 0.6) is 5.75 Å². The first-order chi connectivity index (χ1) is 10.4. The summed E-state index contributed by atoms with van der Waals surface area (Å²) in [4.78, 5) is 5.36. The predicted molar refractivity (Wildman–Crippen MR) is 79.2 cm³/mol. The zero-order valence-electron chi connectivity index (χ0n) is 12.4. The summed E-state index contributed by atoms with van der Waals surface area (Å²) in [5, 5.41) is 0. The summed E-state index contributed by atoms with van der Waals surface area (Å²) in [7, 11) is 3.31. The summed E-state index contributed by atoms with van der Waals surface area (Å²) in [6.45, 7) is 0.536. The molecule has 0 unspecified atom stereocenters. The lowest BCUT2D eigenvalue weighted by atomic mass is 10.1. The monoisotopic (exact) mass is 310 g/mol. The molecule has 0 aliphatic rings. The third-order valence-corrected chi connectivity index (χ3v) is 3.32. The molecule has 2 rings (SSSR count). The quantitative estimate of drug-likeness (QED) is 0.840. The van der Waals surface area contributed by atoms with E-state index in [0.717, 1.165) is 17.4 Å². The van der Waals surface area contributed by atoms with Crippen LogP contribution in [-0.2, 0) is 12.6 Å². The minimum Gasteiger partial charge on any atom is -0.496 e. The molecule has 6 heteroatoms. The molecule has 0 aliphatic heterocycles. The average Bonchev–Trinajstić information content (AvgIpc) is 2.52. The Hall–Kier alpha value is -2.24. The molecular formula is C16H17F3N2O. The van der Waals surface area contributed by atoms with Crippen molar-refractivity contribution in [1.29, 1.82) is 0 Å². The van der Waals surface area contributed by atoms with Gasteiger partial charge in [0.05, 0.1) is 7.11 Å². The molecule has 0 saturated heterocycles. The van der Waals surface area contributed by atoms with E-state index in [1.54, 1.807) is 25.1 Å². The normalized spacial score (nSPS) is 11.3. The van der Waals surface area contributed by atoms with Gasteiger partial charge in [-0.05, 0) is 30.2 Å². The van der Waals surface area contributed by atoms with E-state index >= 15 is 0 Å². The number of alkyl halides is 3. The molecule has 0 atom stereocenters. The molecule has 0 bridgehead atoms. The molecule has 1 aromatic carbocycles. The first-order valence-electron chi connectivity index (χ1n) is 6.79. The van der Waals surface area contributed by atoms with Crippen molar-refractivity contribution in [2.75, 3.05) is 25.6 Å². The van der Waals surface area contributed by atoms with Gasteiger partial charge in [0.1, 0.15) is 17.3 Å². The standard InChI is InChI=1S/C16H17F3N2O/c1-21(11-10-12-6-3-4-7-13(12)22-2)15-9-5-8-14(20-15)16(17,18)19/h3-9H,10-11H2,1-2H3. The summed E-state index contributed by atoms with van der Waals surface area (Å²) in [5.41, 5.74) is 0.123. The molecule has 118 valence electrons. The van der Waals surface area contributed by atoms with Crippen molar-refractivity contribution < 1.29 is 17.9 Å². The third-order valence-electron chi connectivity index (χ3n) is 3.32. The van der Waals surface area contributed by atoms with Crippen LogP contribution in [0.4, 0.5) is 19.0 Å². The first-order valence-corrected chi connectivity index (χ1v) is 6.79. The molecule has 1 aromatic heterocycles. The SMILES string of the molecule is COc1ccccc1CCN(C)c1cccc(C(F)(F)F)n1. The number of pyridine rings is 1. The minimum atomic E-state index is -4.43. The Morgan fingerprint density at radius 3 is 2.50 bits per heavy atom. The predicted octanol–water partition coefficient (Wildman–Crippen LogP) is 3.79. The van der Waals surface area contributed by atoms with E-state index in [4.69, 9.17) is 4.74 Å². The highest BCUT2D eigenvalue weighted by molar-refractivity contribution is 5.40. The first kappa shape index (κ1) is 16.1. The van der Waals surface area contributed by atoms with Crippen LogP contribution < -0.4 is 9.64 Å². The number of hydrogen-bond donors (Lipinski definition) is 0. The lowest BCUT2D eigenvalue weighted by Gasteiger charge is -2.20. The lowest BCUT2D eigenvalue weighted by Crippen LogP contribution is -2.22. The van der Waals surface area contributed by atoms with Gasteiger partial charge in [-0.1, -0.05) is 24.3 Å². The van der Waals surface area contributed by atoms with Gasteiger partial charge in [0.15, 0.2) is 0 Å². The van der Waals surface area contributed by atoms with Crippen LogP contribution in [0.2, 0.25) is 0 Å². The molecule has 0 radical (unpaired) electrons. The van der Waals surface area contributed by atoms with E-state index in [2.05, 4.69) is 4.98 Å². The zero-order valence-corrected chi connectivity index (χ0v) is 12.4. The van der Waals surface area contributed by atoms with Gasteiger partial charge in [0.25, 0.3) is 0 Å². The van der Waals surface area contributed by atoms with Gasteiger partial charge in [-0.25, -0.2) is 4.98 Å². The molecule has 0 N–H and O–H groups in total. The smallest absolute Gasteiger partial charge is 0.433 e. The molecule has 0 aliphatic carbocycles. The fourth-order valence-corrected chi connectivity index (χ4v) is 2.11. The van der Waals surface area contributed by atoms with Gasteiger partial charge >= 0.3 is 6.18 Å². The van der Waals surface area contributed by atoms with E-state index in [9.17, 15) is 13.2 Å². The molecular weight excluding hydrogens is 293 g/mol. The molecule has 2 aromatic rings. The largest absolute Gasteiger partial charge is 0.496 e. The zero-order chi connectivity index (χ0) is 16.2. The van der Waals surface area contributed by atoms with Crippen LogP contribution >= 0.6 is 0 Å². The molecule has 0 fully saturated rings. The number of hydrogen-bond acceptors (Lipinski definition) is 3. The Kier molecular flexibility index (Phi) is 4.90. The number of halogens is 3. The number of rotatable bonds is 5. The molecule has 3 nitrogen and oxygen atoms in total. The van der Waals surface area contributed by atoms with Gasteiger partial charge in [-0.3, -0.25) is 0 Å². The summed E-state index contributed by atoms with van der Waals surface area (Å²) >= 11 is 0. The van der Waals surface area contributed by atoms with Gasteiger partial charge in [-0.15, -0.1) is 0 Å². The second kappa shape index (κ2) is 6.68. The van der Waals surface area contributed by atoms with Gasteiger partial charge in [-0.2, -0.15) is 13.2 Å². The Labute approximate surface area is 127 Å². The minimum absolute atomic E-state index is 0.296. The van der Waals surface area contributed by atoms with Crippen LogP contribution in [0.3, 0.4) is 0 Å². The Morgan fingerprint density at radius 2 is 1.82 bits per heavy atom. The number of anilines is 1. The van der Waals surface area contributed by atoms with Crippen molar-refractivity contribution in [3.63, 3.8) is 0 Å². The molecule has 0 amide bonds. The highest BCUT2D eigenvalue weighted by Gasteiger charge is 2.32. The molecule has 22 heavy (non-hydrogen) atoms. The maximum atomic E-state index is 12.7. The van der Waals surface area contributed by atoms with Crippen molar-refractivity contribution in [3.8, 4) is 5.75 Å².